The lowest BCUT2D eigenvalue weighted by Gasteiger charge is -2.37. The van der Waals surface area contributed by atoms with E-state index in [1.54, 1.807) is 4.90 Å². The van der Waals surface area contributed by atoms with Crippen LogP contribution in [0.25, 0.3) is 0 Å². The van der Waals surface area contributed by atoms with E-state index in [4.69, 9.17) is 0 Å². The third-order valence-electron chi connectivity index (χ3n) is 5.55. The molecule has 0 radical (unpaired) electrons. The topological polar surface area (TPSA) is 69.7 Å². The van der Waals surface area contributed by atoms with Gasteiger partial charge in [0.05, 0.1) is 0 Å². The highest BCUT2D eigenvalue weighted by molar-refractivity contribution is 6.35. The summed E-state index contributed by atoms with van der Waals surface area (Å²) in [5, 5.41) is 2.63. The van der Waals surface area contributed by atoms with E-state index in [9.17, 15) is 14.4 Å². The highest BCUT2D eigenvalue weighted by Gasteiger charge is 2.44. The molecule has 3 atom stereocenters. The number of carbonyl (C=O) groups is 3. The lowest BCUT2D eigenvalue weighted by molar-refractivity contribution is -0.149. The highest BCUT2D eigenvalue weighted by atomic mass is 16.2. The van der Waals surface area contributed by atoms with E-state index in [0.29, 0.717) is 32.1 Å². The van der Waals surface area contributed by atoms with Gasteiger partial charge in [-0.15, -0.1) is 0 Å². The molecule has 6 nitrogen and oxygen atoms in total. The maximum atomic E-state index is 12.7. The number of hydrogen-bond donors (Lipinski definition) is 1. The molecule has 23 heavy (non-hydrogen) atoms. The van der Waals surface area contributed by atoms with Crippen molar-refractivity contribution < 1.29 is 14.4 Å². The number of amides is 3. The summed E-state index contributed by atoms with van der Waals surface area (Å²) in [6.45, 7) is 5.67. The van der Waals surface area contributed by atoms with Crippen molar-refractivity contribution in [2.24, 2.45) is 17.8 Å². The molecule has 2 saturated carbocycles. The van der Waals surface area contributed by atoms with Crippen LogP contribution in [0.2, 0.25) is 0 Å². The second-order valence-electron chi connectivity index (χ2n) is 7.53. The van der Waals surface area contributed by atoms with Crippen molar-refractivity contribution in [3.05, 3.63) is 0 Å². The van der Waals surface area contributed by atoms with Crippen molar-refractivity contribution in [2.75, 3.05) is 26.2 Å². The maximum absolute atomic E-state index is 12.7. The van der Waals surface area contributed by atoms with E-state index in [1.807, 2.05) is 18.7 Å². The Morgan fingerprint density at radius 2 is 1.61 bits per heavy atom. The van der Waals surface area contributed by atoms with Crippen LogP contribution in [-0.4, -0.2) is 59.7 Å². The molecule has 1 aliphatic heterocycles. The van der Waals surface area contributed by atoms with E-state index in [1.165, 1.54) is 19.3 Å². The molecule has 3 fully saturated rings. The van der Waals surface area contributed by atoms with Crippen LogP contribution in [0.4, 0.5) is 0 Å². The van der Waals surface area contributed by atoms with Gasteiger partial charge in [-0.3, -0.25) is 14.4 Å². The molecule has 0 aromatic carbocycles. The monoisotopic (exact) mass is 321 g/mol. The first kappa shape index (κ1) is 16.3. The number of fused-ring (bicyclic) bond motifs is 2. The van der Waals surface area contributed by atoms with Gasteiger partial charge in [0.2, 0.25) is 5.91 Å². The predicted molar refractivity (Wildman–Crippen MR) is 85.4 cm³/mol. The zero-order valence-corrected chi connectivity index (χ0v) is 14.1. The average Bonchev–Trinajstić information content (AvgIpc) is 3.16. The van der Waals surface area contributed by atoms with Gasteiger partial charge in [-0.2, -0.15) is 0 Å². The van der Waals surface area contributed by atoms with Gasteiger partial charge in [-0.05, 0) is 44.9 Å². The minimum absolute atomic E-state index is 0.0490. The van der Waals surface area contributed by atoms with Crippen LogP contribution in [-0.2, 0) is 14.4 Å². The molecule has 3 unspecified atom stereocenters. The van der Waals surface area contributed by atoms with Crippen LogP contribution < -0.4 is 5.32 Å². The SMILES string of the molecule is CC(C)NC(=O)C(=O)N1CCN(C(=O)C2CC3CCC2C3)CC1. The molecule has 128 valence electrons. The second kappa shape index (κ2) is 6.49. The van der Waals surface area contributed by atoms with Crippen molar-refractivity contribution >= 4 is 17.7 Å². The summed E-state index contributed by atoms with van der Waals surface area (Å²) in [4.78, 5) is 40.0. The summed E-state index contributed by atoms with van der Waals surface area (Å²) in [7, 11) is 0. The Hall–Kier alpha value is -1.59. The molecule has 1 N–H and O–H groups in total. The molecule has 3 aliphatic rings. The maximum Gasteiger partial charge on any atom is 0.312 e. The van der Waals surface area contributed by atoms with E-state index in [2.05, 4.69) is 5.32 Å². The van der Waals surface area contributed by atoms with Gasteiger partial charge in [-0.25, -0.2) is 0 Å². The molecule has 0 spiro atoms. The average molecular weight is 321 g/mol. The fourth-order valence-corrected chi connectivity index (χ4v) is 4.38. The Morgan fingerprint density at radius 3 is 2.13 bits per heavy atom. The lowest BCUT2D eigenvalue weighted by Crippen LogP contribution is -2.55. The Kier molecular flexibility index (Phi) is 4.60. The van der Waals surface area contributed by atoms with Gasteiger partial charge in [0.15, 0.2) is 0 Å². The van der Waals surface area contributed by atoms with Gasteiger partial charge in [0.25, 0.3) is 0 Å². The summed E-state index contributed by atoms with van der Waals surface area (Å²) in [6.07, 6.45) is 4.78. The zero-order chi connectivity index (χ0) is 16.6. The molecule has 1 saturated heterocycles. The molecule has 3 rings (SSSR count). The van der Waals surface area contributed by atoms with Crippen molar-refractivity contribution in [1.82, 2.24) is 15.1 Å². The van der Waals surface area contributed by atoms with Crippen LogP contribution in [0.1, 0.15) is 39.5 Å². The summed E-state index contributed by atoms with van der Waals surface area (Å²) < 4.78 is 0. The largest absolute Gasteiger partial charge is 0.346 e. The molecule has 2 bridgehead atoms. The van der Waals surface area contributed by atoms with E-state index in [0.717, 1.165) is 12.3 Å². The van der Waals surface area contributed by atoms with Gasteiger partial charge >= 0.3 is 11.8 Å². The normalized spacial score (nSPS) is 30.0. The smallest absolute Gasteiger partial charge is 0.312 e. The minimum Gasteiger partial charge on any atom is -0.346 e. The molecule has 2 aliphatic carbocycles. The molecule has 6 heteroatoms. The number of piperazine rings is 1. The van der Waals surface area contributed by atoms with E-state index in [-0.39, 0.29) is 17.9 Å². The quantitative estimate of drug-likeness (QED) is 0.758. The van der Waals surface area contributed by atoms with E-state index < -0.39 is 11.8 Å². The third-order valence-corrected chi connectivity index (χ3v) is 5.55. The van der Waals surface area contributed by atoms with E-state index >= 15 is 0 Å². The Bertz CT molecular complexity index is 497. The number of carbonyl (C=O) groups excluding carboxylic acids is 3. The van der Waals surface area contributed by atoms with Crippen LogP contribution in [0.5, 0.6) is 0 Å². The summed E-state index contributed by atoms with van der Waals surface area (Å²) in [5.74, 6) is 0.801. The first-order chi connectivity index (χ1) is 11.0. The summed E-state index contributed by atoms with van der Waals surface area (Å²) in [6, 6.07) is -0.0490. The number of rotatable bonds is 2. The van der Waals surface area contributed by atoms with Gasteiger partial charge < -0.3 is 15.1 Å². The minimum atomic E-state index is -0.548. The number of hydrogen-bond acceptors (Lipinski definition) is 3. The van der Waals surface area contributed by atoms with Crippen molar-refractivity contribution in [1.29, 1.82) is 0 Å². The van der Waals surface area contributed by atoms with Crippen LogP contribution >= 0.6 is 0 Å². The molecule has 0 aromatic heterocycles. The van der Waals surface area contributed by atoms with Crippen molar-refractivity contribution in [3.63, 3.8) is 0 Å². The van der Waals surface area contributed by atoms with Crippen LogP contribution in [0, 0.1) is 17.8 Å². The van der Waals surface area contributed by atoms with Crippen molar-refractivity contribution in [2.45, 2.75) is 45.6 Å². The number of nitrogens with one attached hydrogen (secondary N) is 1. The van der Waals surface area contributed by atoms with Crippen molar-refractivity contribution in [3.8, 4) is 0 Å². The molecule has 0 aromatic rings. The Morgan fingerprint density at radius 1 is 0.957 bits per heavy atom. The molecule has 1 heterocycles. The first-order valence-electron chi connectivity index (χ1n) is 8.84. The Labute approximate surface area is 137 Å². The summed E-state index contributed by atoms with van der Waals surface area (Å²) >= 11 is 0. The third kappa shape index (κ3) is 3.35. The van der Waals surface area contributed by atoms with Crippen LogP contribution in [0.15, 0.2) is 0 Å². The summed E-state index contributed by atoms with van der Waals surface area (Å²) in [5.41, 5.74) is 0. The molecular weight excluding hydrogens is 294 g/mol. The van der Waals surface area contributed by atoms with Gasteiger partial charge in [0, 0.05) is 38.1 Å². The molecule has 3 amide bonds. The molecular formula is C17H27N3O3. The second-order valence-corrected chi connectivity index (χ2v) is 7.53. The number of nitrogens with zero attached hydrogens (tertiary/aromatic N) is 2. The fourth-order valence-electron chi connectivity index (χ4n) is 4.38. The zero-order valence-electron chi connectivity index (χ0n) is 14.1. The van der Waals surface area contributed by atoms with Crippen LogP contribution in [0.3, 0.4) is 0 Å². The van der Waals surface area contributed by atoms with Gasteiger partial charge in [-0.1, -0.05) is 6.42 Å². The Balaban J connectivity index is 1.49. The lowest BCUT2D eigenvalue weighted by atomic mass is 9.87. The fraction of sp³-hybridized carbons (Fsp3) is 0.824. The first-order valence-corrected chi connectivity index (χ1v) is 8.84. The van der Waals surface area contributed by atoms with Gasteiger partial charge in [0.1, 0.15) is 0 Å². The highest BCUT2D eigenvalue weighted by Crippen LogP contribution is 2.48. The standard InChI is InChI=1S/C17H27N3O3/c1-11(2)18-15(21)17(23)20-7-5-19(6-8-20)16(22)14-10-12-3-4-13(14)9-12/h11-14H,3-10H2,1-2H3,(H,18,21). The predicted octanol–water partition coefficient (Wildman–Crippen LogP) is 0.618.